The molecule has 3 aromatic carbocycles. The summed E-state index contributed by atoms with van der Waals surface area (Å²) >= 11 is 5.52. The number of nitrogens with zero attached hydrogens (tertiary/aromatic N) is 2. The summed E-state index contributed by atoms with van der Waals surface area (Å²) in [6.45, 7) is 2.28. The van der Waals surface area contributed by atoms with E-state index in [0.29, 0.717) is 10.8 Å². The van der Waals surface area contributed by atoms with Gasteiger partial charge in [0.1, 0.15) is 19.0 Å². The summed E-state index contributed by atoms with van der Waals surface area (Å²) in [5.74, 6) is 0.740. The van der Waals surface area contributed by atoms with Gasteiger partial charge in [-0.1, -0.05) is 79.7 Å². The zero-order chi connectivity index (χ0) is 24.2. The molecule has 0 spiro atoms. The SMILES string of the molecule is CC/C(=C(\c1ccccc1)c1ccc(OCCOC(=O)N(CCCl)N=O)cc1)c1ccccc1. The Balaban J connectivity index is 1.74. The van der Waals surface area contributed by atoms with Crippen molar-refractivity contribution < 1.29 is 14.3 Å². The zero-order valence-corrected chi connectivity index (χ0v) is 19.8. The van der Waals surface area contributed by atoms with Gasteiger partial charge in [0.15, 0.2) is 0 Å². The molecular formula is C27H27ClN2O4. The number of carbonyl (C=O) groups is 1. The Morgan fingerprint density at radius 3 is 2.00 bits per heavy atom. The smallest absolute Gasteiger partial charge is 0.433 e. The molecule has 0 aliphatic rings. The number of rotatable bonds is 11. The van der Waals surface area contributed by atoms with E-state index in [1.807, 2.05) is 48.5 Å². The van der Waals surface area contributed by atoms with Gasteiger partial charge in [0.2, 0.25) is 0 Å². The number of ether oxygens (including phenoxy) is 2. The number of allylic oxidation sites excluding steroid dienone is 1. The fraction of sp³-hybridized carbons (Fsp3) is 0.222. The van der Waals surface area contributed by atoms with Crippen molar-refractivity contribution in [2.45, 2.75) is 13.3 Å². The summed E-state index contributed by atoms with van der Waals surface area (Å²) < 4.78 is 10.7. The predicted molar refractivity (Wildman–Crippen MR) is 136 cm³/mol. The Morgan fingerprint density at radius 1 is 0.853 bits per heavy atom. The quantitative estimate of drug-likeness (QED) is 0.0999. The molecule has 0 bridgehead atoms. The van der Waals surface area contributed by atoms with Crippen molar-refractivity contribution in [1.29, 1.82) is 0 Å². The van der Waals surface area contributed by atoms with Gasteiger partial charge in [-0.15, -0.1) is 16.5 Å². The van der Waals surface area contributed by atoms with Crippen LogP contribution in [0.5, 0.6) is 5.75 Å². The lowest BCUT2D eigenvalue weighted by molar-refractivity contribution is 0.0903. The third-order valence-electron chi connectivity index (χ3n) is 5.17. The molecule has 0 atom stereocenters. The van der Waals surface area contributed by atoms with E-state index in [2.05, 4.69) is 48.6 Å². The standard InChI is InChI=1S/C27H27ClN2O4/c1-2-25(21-9-5-3-6-10-21)26(22-11-7-4-8-12-22)23-13-15-24(16-14-23)33-19-20-34-27(31)30(29-32)18-17-28/h3-16H,2,17-20H2,1H3/b26-25-. The van der Waals surface area contributed by atoms with Crippen LogP contribution in [0.3, 0.4) is 0 Å². The highest BCUT2D eigenvalue weighted by Crippen LogP contribution is 2.34. The number of halogens is 1. The molecule has 34 heavy (non-hydrogen) atoms. The summed E-state index contributed by atoms with van der Waals surface area (Å²) in [7, 11) is 0. The third-order valence-corrected chi connectivity index (χ3v) is 5.34. The zero-order valence-electron chi connectivity index (χ0n) is 19.0. The van der Waals surface area contributed by atoms with E-state index in [9.17, 15) is 9.70 Å². The fourth-order valence-corrected chi connectivity index (χ4v) is 3.77. The molecule has 0 saturated carbocycles. The first-order chi connectivity index (χ1) is 16.7. The first-order valence-electron chi connectivity index (χ1n) is 11.1. The summed E-state index contributed by atoms with van der Waals surface area (Å²) in [6.07, 6.45) is 0.0362. The number of hydrogen-bond acceptors (Lipinski definition) is 5. The van der Waals surface area contributed by atoms with E-state index in [-0.39, 0.29) is 25.6 Å². The van der Waals surface area contributed by atoms with E-state index in [0.717, 1.165) is 17.5 Å². The van der Waals surface area contributed by atoms with E-state index in [1.54, 1.807) is 0 Å². The second-order valence-corrected chi connectivity index (χ2v) is 7.70. The number of nitroso groups, excluding NO2 is 1. The van der Waals surface area contributed by atoms with E-state index >= 15 is 0 Å². The van der Waals surface area contributed by atoms with E-state index in [4.69, 9.17) is 21.1 Å². The minimum absolute atomic E-state index is 0.00773. The predicted octanol–water partition coefficient (Wildman–Crippen LogP) is 6.79. The van der Waals surface area contributed by atoms with Crippen LogP contribution in [0.4, 0.5) is 4.79 Å². The van der Waals surface area contributed by atoms with E-state index < -0.39 is 6.09 Å². The largest absolute Gasteiger partial charge is 0.490 e. The molecule has 0 unspecified atom stereocenters. The summed E-state index contributed by atoms with van der Waals surface area (Å²) in [5.41, 5.74) is 5.86. The fourth-order valence-electron chi connectivity index (χ4n) is 3.61. The van der Waals surface area contributed by atoms with Crippen molar-refractivity contribution in [3.8, 4) is 5.75 Å². The van der Waals surface area contributed by atoms with Gasteiger partial charge in [-0.25, -0.2) is 4.79 Å². The van der Waals surface area contributed by atoms with Gasteiger partial charge in [-0.2, -0.15) is 5.01 Å². The maximum Gasteiger partial charge on any atom is 0.433 e. The van der Waals surface area contributed by atoms with Crippen LogP contribution in [0.25, 0.3) is 11.1 Å². The number of carbonyl (C=O) groups excluding carboxylic acids is 1. The van der Waals surface area contributed by atoms with Crippen molar-refractivity contribution >= 4 is 28.8 Å². The average Bonchev–Trinajstić information content (AvgIpc) is 2.89. The highest BCUT2D eigenvalue weighted by atomic mass is 35.5. The Labute approximate surface area is 204 Å². The molecule has 0 aliphatic carbocycles. The molecule has 7 heteroatoms. The number of amides is 1. The minimum Gasteiger partial charge on any atom is -0.490 e. The Morgan fingerprint density at radius 2 is 1.44 bits per heavy atom. The van der Waals surface area contributed by atoms with Crippen molar-refractivity contribution in [3.63, 3.8) is 0 Å². The molecule has 176 valence electrons. The lowest BCUT2D eigenvalue weighted by atomic mass is 9.88. The number of alkyl halides is 1. The number of benzene rings is 3. The number of hydrogen-bond donors (Lipinski definition) is 0. The molecule has 0 aliphatic heterocycles. The van der Waals surface area contributed by atoms with Gasteiger partial charge in [-0.05, 0) is 46.4 Å². The lowest BCUT2D eigenvalue weighted by Gasteiger charge is -2.17. The molecule has 0 N–H and O–H groups in total. The maximum absolute atomic E-state index is 11.7. The Kier molecular flexibility index (Phi) is 9.67. The van der Waals surface area contributed by atoms with Gasteiger partial charge in [-0.3, -0.25) is 0 Å². The van der Waals surface area contributed by atoms with Gasteiger partial charge in [0, 0.05) is 5.88 Å². The molecular weight excluding hydrogens is 452 g/mol. The topological polar surface area (TPSA) is 68.2 Å². The van der Waals surface area contributed by atoms with Crippen molar-refractivity contribution in [2.75, 3.05) is 25.6 Å². The maximum atomic E-state index is 11.7. The first kappa shape index (κ1) is 25.0. The van der Waals surface area contributed by atoms with Crippen molar-refractivity contribution in [3.05, 3.63) is 107 Å². The van der Waals surface area contributed by atoms with Gasteiger partial charge < -0.3 is 9.47 Å². The first-order valence-corrected chi connectivity index (χ1v) is 11.6. The van der Waals surface area contributed by atoms with Crippen LogP contribution in [-0.2, 0) is 4.74 Å². The van der Waals surface area contributed by atoms with Crippen LogP contribution in [0.2, 0.25) is 0 Å². The second kappa shape index (κ2) is 13.2. The monoisotopic (exact) mass is 478 g/mol. The van der Waals surface area contributed by atoms with Crippen LogP contribution in [0.15, 0.2) is 90.2 Å². The second-order valence-electron chi connectivity index (χ2n) is 7.32. The van der Waals surface area contributed by atoms with Crippen LogP contribution < -0.4 is 4.74 Å². The van der Waals surface area contributed by atoms with Crippen LogP contribution in [0, 0.1) is 4.91 Å². The molecule has 0 aromatic heterocycles. The third kappa shape index (κ3) is 6.68. The molecule has 6 nitrogen and oxygen atoms in total. The van der Waals surface area contributed by atoms with Gasteiger partial charge >= 0.3 is 6.09 Å². The molecule has 3 aromatic rings. The summed E-state index contributed by atoms with van der Waals surface area (Å²) in [5, 5.41) is 3.22. The molecule has 3 rings (SSSR count). The normalized spacial score (nSPS) is 11.4. The Hall–Kier alpha value is -3.64. The summed E-state index contributed by atoms with van der Waals surface area (Å²) in [4.78, 5) is 22.4. The molecule has 0 saturated heterocycles. The van der Waals surface area contributed by atoms with E-state index in [1.165, 1.54) is 16.7 Å². The Bertz CT molecular complexity index is 1090. The molecule has 0 fully saturated rings. The van der Waals surface area contributed by atoms with Gasteiger partial charge in [0.05, 0.1) is 11.8 Å². The molecule has 0 heterocycles. The van der Waals surface area contributed by atoms with Crippen LogP contribution in [-0.4, -0.2) is 36.7 Å². The highest BCUT2D eigenvalue weighted by Gasteiger charge is 2.15. The minimum atomic E-state index is -0.847. The highest BCUT2D eigenvalue weighted by molar-refractivity contribution is 6.18. The molecule has 1 amide bonds. The lowest BCUT2D eigenvalue weighted by Crippen LogP contribution is -2.29. The van der Waals surface area contributed by atoms with Crippen LogP contribution in [0.1, 0.15) is 30.0 Å². The molecule has 0 radical (unpaired) electrons. The van der Waals surface area contributed by atoms with Gasteiger partial charge in [0.25, 0.3) is 0 Å². The van der Waals surface area contributed by atoms with Crippen LogP contribution >= 0.6 is 11.6 Å². The van der Waals surface area contributed by atoms with Crippen molar-refractivity contribution in [1.82, 2.24) is 5.01 Å². The average molecular weight is 479 g/mol. The summed E-state index contributed by atoms with van der Waals surface area (Å²) in [6, 6.07) is 28.6. The van der Waals surface area contributed by atoms with Crippen molar-refractivity contribution in [2.24, 2.45) is 5.29 Å².